The van der Waals surface area contributed by atoms with Gasteiger partial charge in [0, 0.05) is 0 Å². The molecule has 2 N–H and O–H groups in total. The van der Waals surface area contributed by atoms with E-state index in [9.17, 15) is 4.79 Å². The second kappa shape index (κ2) is 6.71. The van der Waals surface area contributed by atoms with Gasteiger partial charge in [-0.25, -0.2) is 9.78 Å². The molecule has 1 aromatic heterocycles. The molecular weight excluding hydrogens is 236 g/mol. The van der Waals surface area contributed by atoms with Crippen LogP contribution in [0.5, 0.6) is 0 Å². The Kier molecular flexibility index (Phi) is 5.58. The Balaban J connectivity index is 2.98. The Morgan fingerprint density at radius 1 is 1.47 bits per heavy atom. The molecule has 0 aliphatic carbocycles. The number of methoxy groups -OCH3 is 1. The van der Waals surface area contributed by atoms with Crippen LogP contribution in [0.25, 0.3) is 0 Å². The number of thiazole rings is 1. The standard InChI is InChI=1S/C12H20N2O2S/c1-4-6-8(13)11-14-9(7-5-2)10(17-11)12(15)16-3/h8H,4-7,13H2,1-3H3. The number of carbonyl (C=O) groups is 1. The number of carbonyl (C=O) groups excluding carboxylic acids is 1. The van der Waals surface area contributed by atoms with Gasteiger partial charge in [-0.05, 0) is 12.8 Å². The van der Waals surface area contributed by atoms with Crippen molar-refractivity contribution >= 4 is 17.3 Å². The molecule has 1 atom stereocenters. The number of esters is 1. The van der Waals surface area contributed by atoms with Crippen LogP contribution in [0.2, 0.25) is 0 Å². The minimum Gasteiger partial charge on any atom is -0.465 e. The molecule has 5 heteroatoms. The summed E-state index contributed by atoms with van der Waals surface area (Å²) in [5.74, 6) is -0.305. The highest BCUT2D eigenvalue weighted by molar-refractivity contribution is 7.13. The minimum atomic E-state index is -0.305. The van der Waals surface area contributed by atoms with Crippen LogP contribution in [0.4, 0.5) is 0 Å². The van der Waals surface area contributed by atoms with E-state index in [0.717, 1.165) is 36.4 Å². The van der Waals surface area contributed by atoms with E-state index >= 15 is 0 Å². The van der Waals surface area contributed by atoms with Crippen molar-refractivity contribution in [3.63, 3.8) is 0 Å². The molecule has 1 heterocycles. The van der Waals surface area contributed by atoms with Gasteiger partial charge in [-0.2, -0.15) is 0 Å². The third kappa shape index (κ3) is 3.51. The summed E-state index contributed by atoms with van der Waals surface area (Å²) in [4.78, 5) is 16.7. The van der Waals surface area contributed by atoms with Gasteiger partial charge in [-0.3, -0.25) is 0 Å². The summed E-state index contributed by atoms with van der Waals surface area (Å²) in [6.07, 6.45) is 3.65. The zero-order chi connectivity index (χ0) is 12.8. The minimum absolute atomic E-state index is 0.0704. The summed E-state index contributed by atoms with van der Waals surface area (Å²) < 4.78 is 4.77. The van der Waals surface area contributed by atoms with Gasteiger partial charge in [0.25, 0.3) is 0 Å². The highest BCUT2D eigenvalue weighted by Gasteiger charge is 2.20. The third-order valence-electron chi connectivity index (χ3n) is 2.49. The maximum Gasteiger partial charge on any atom is 0.349 e. The first-order valence-corrected chi connectivity index (χ1v) is 6.79. The van der Waals surface area contributed by atoms with Crippen LogP contribution in [-0.4, -0.2) is 18.1 Å². The van der Waals surface area contributed by atoms with E-state index in [-0.39, 0.29) is 12.0 Å². The highest BCUT2D eigenvalue weighted by Crippen LogP contribution is 2.26. The molecule has 17 heavy (non-hydrogen) atoms. The SMILES string of the molecule is CCCc1nc(C(N)CCC)sc1C(=O)OC. The Bertz CT molecular complexity index is 377. The monoisotopic (exact) mass is 256 g/mol. The second-order valence-corrected chi connectivity index (χ2v) is 5.00. The molecular formula is C12H20N2O2S. The van der Waals surface area contributed by atoms with Crippen molar-refractivity contribution in [3.8, 4) is 0 Å². The fourth-order valence-electron chi connectivity index (χ4n) is 1.62. The molecule has 0 amide bonds. The molecule has 0 aliphatic rings. The topological polar surface area (TPSA) is 65.2 Å². The summed E-state index contributed by atoms with van der Waals surface area (Å²) in [5.41, 5.74) is 6.85. The Morgan fingerprint density at radius 3 is 2.71 bits per heavy atom. The van der Waals surface area contributed by atoms with E-state index in [1.165, 1.54) is 18.4 Å². The average molecular weight is 256 g/mol. The van der Waals surface area contributed by atoms with E-state index < -0.39 is 0 Å². The lowest BCUT2D eigenvalue weighted by molar-refractivity contribution is 0.0605. The molecule has 1 unspecified atom stereocenters. The van der Waals surface area contributed by atoms with Gasteiger partial charge in [0.1, 0.15) is 9.88 Å². The van der Waals surface area contributed by atoms with Crippen molar-refractivity contribution in [2.24, 2.45) is 5.73 Å². The van der Waals surface area contributed by atoms with Crippen LogP contribution < -0.4 is 5.73 Å². The molecule has 0 bridgehead atoms. The van der Waals surface area contributed by atoms with Crippen LogP contribution in [0.1, 0.15) is 59.5 Å². The van der Waals surface area contributed by atoms with Crippen molar-refractivity contribution in [1.29, 1.82) is 0 Å². The number of nitrogens with zero attached hydrogens (tertiary/aromatic N) is 1. The van der Waals surface area contributed by atoms with Gasteiger partial charge >= 0.3 is 5.97 Å². The fourth-order valence-corrected chi connectivity index (χ4v) is 2.69. The predicted octanol–water partition coefficient (Wildman–Crippen LogP) is 2.68. The molecule has 0 aromatic carbocycles. The molecule has 0 spiro atoms. The van der Waals surface area contributed by atoms with E-state index in [2.05, 4.69) is 18.8 Å². The molecule has 0 fully saturated rings. The van der Waals surface area contributed by atoms with Crippen LogP contribution in [-0.2, 0) is 11.2 Å². The Morgan fingerprint density at radius 2 is 2.18 bits per heavy atom. The summed E-state index contributed by atoms with van der Waals surface area (Å²) >= 11 is 1.37. The number of ether oxygens (including phenoxy) is 1. The van der Waals surface area contributed by atoms with Gasteiger partial charge in [0.15, 0.2) is 0 Å². The number of aryl methyl sites for hydroxylation is 1. The zero-order valence-electron chi connectivity index (χ0n) is 10.7. The molecule has 1 aromatic rings. The Hall–Kier alpha value is -0.940. The lowest BCUT2D eigenvalue weighted by atomic mass is 10.2. The van der Waals surface area contributed by atoms with Crippen molar-refractivity contribution in [2.75, 3.05) is 7.11 Å². The number of hydrogen-bond acceptors (Lipinski definition) is 5. The van der Waals surface area contributed by atoms with Gasteiger partial charge in [-0.15, -0.1) is 11.3 Å². The van der Waals surface area contributed by atoms with Crippen LogP contribution in [0.15, 0.2) is 0 Å². The lowest BCUT2D eigenvalue weighted by Crippen LogP contribution is -2.09. The van der Waals surface area contributed by atoms with Gasteiger partial charge in [0.2, 0.25) is 0 Å². The maximum atomic E-state index is 11.6. The smallest absolute Gasteiger partial charge is 0.349 e. The molecule has 96 valence electrons. The lowest BCUT2D eigenvalue weighted by Gasteiger charge is -2.04. The quantitative estimate of drug-likeness (QED) is 0.795. The molecule has 0 radical (unpaired) electrons. The van der Waals surface area contributed by atoms with Crippen LogP contribution >= 0.6 is 11.3 Å². The maximum absolute atomic E-state index is 11.6. The molecule has 0 saturated heterocycles. The van der Waals surface area contributed by atoms with Crippen molar-refractivity contribution < 1.29 is 9.53 Å². The van der Waals surface area contributed by atoms with E-state index in [1.807, 2.05) is 0 Å². The first kappa shape index (κ1) is 14.1. The third-order valence-corrected chi connectivity index (χ3v) is 3.70. The van der Waals surface area contributed by atoms with Crippen molar-refractivity contribution in [1.82, 2.24) is 4.98 Å². The van der Waals surface area contributed by atoms with Crippen LogP contribution in [0, 0.1) is 0 Å². The Labute approximate surface area is 106 Å². The second-order valence-electron chi connectivity index (χ2n) is 3.96. The van der Waals surface area contributed by atoms with Gasteiger partial charge < -0.3 is 10.5 Å². The average Bonchev–Trinajstić information content (AvgIpc) is 2.73. The van der Waals surface area contributed by atoms with E-state index in [1.54, 1.807) is 0 Å². The summed E-state index contributed by atoms with van der Waals surface area (Å²) in [7, 11) is 1.39. The number of nitrogens with two attached hydrogens (primary N) is 1. The van der Waals surface area contributed by atoms with Crippen molar-refractivity contribution in [3.05, 3.63) is 15.6 Å². The van der Waals surface area contributed by atoms with Crippen molar-refractivity contribution in [2.45, 2.75) is 45.6 Å². The predicted molar refractivity (Wildman–Crippen MR) is 69.3 cm³/mol. The summed E-state index contributed by atoms with van der Waals surface area (Å²) in [6.45, 7) is 4.15. The highest BCUT2D eigenvalue weighted by atomic mass is 32.1. The summed E-state index contributed by atoms with van der Waals surface area (Å²) in [6, 6.07) is -0.0704. The molecule has 0 aliphatic heterocycles. The fraction of sp³-hybridized carbons (Fsp3) is 0.667. The first-order chi connectivity index (χ1) is 8.13. The molecule has 1 rings (SSSR count). The van der Waals surface area contributed by atoms with E-state index in [0.29, 0.717) is 4.88 Å². The number of aromatic nitrogens is 1. The molecule has 0 saturated carbocycles. The summed E-state index contributed by atoms with van der Waals surface area (Å²) in [5, 5.41) is 0.843. The van der Waals surface area contributed by atoms with Crippen LogP contribution in [0.3, 0.4) is 0 Å². The molecule has 4 nitrogen and oxygen atoms in total. The van der Waals surface area contributed by atoms with E-state index in [4.69, 9.17) is 10.5 Å². The zero-order valence-corrected chi connectivity index (χ0v) is 11.5. The van der Waals surface area contributed by atoms with Gasteiger partial charge in [-0.1, -0.05) is 26.7 Å². The largest absolute Gasteiger partial charge is 0.465 e. The first-order valence-electron chi connectivity index (χ1n) is 5.97. The normalized spacial score (nSPS) is 12.5. The van der Waals surface area contributed by atoms with Gasteiger partial charge in [0.05, 0.1) is 18.8 Å². The number of hydrogen-bond donors (Lipinski definition) is 1. The number of rotatable bonds is 6.